The monoisotopic (exact) mass is 637 g/mol. The van der Waals surface area contributed by atoms with Crippen LogP contribution in [0.1, 0.15) is 54.4 Å². The Hall–Kier alpha value is -4.43. The minimum absolute atomic E-state index is 0.0527. The zero-order valence-corrected chi connectivity index (χ0v) is 27.5. The first kappa shape index (κ1) is 32.9. The van der Waals surface area contributed by atoms with Crippen molar-refractivity contribution in [1.29, 1.82) is 0 Å². The average Bonchev–Trinajstić information content (AvgIpc) is 3.07. The molecule has 0 spiro atoms. The predicted molar refractivity (Wildman–Crippen MR) is 183 cm³/mol. The number of amides is 2. The van der Waals surface area contributed by atoms with Crippen LogP contribution in [0.3, 0.4) is 0 Å². The number of carbonyl (C=O) groups is 2. The molecule has 1 N–H and O–H groups in total. The van der Waals surface area contributed by atoms with E-state index in [1.165, 1.54) is 16.4 Å². The molecule has 1 atom stereocenters. The molecule has 4 aromatic carbocycles. The van der Waals surface area contributed by atoms with E-state index in [0.717, 1.165) is 54.4 Å². The van der Waals surface area contributed by atoms with Gasteiger partial charge in [-0.25, -0.2) is 8.42 Å². The number of nitrogens with zero attached hydrogens (tertiary/aromatic N) is 2. The fraction of sp³-hybridized carbons (Fsp3) is 0.316. The summed E-state index contributed by atoms with van der Waals surface area (Å²) in [7, 11) is -4.13. The van der Waals surface area contributed by atoms with Crippen molar-refractivity contribution in [3.05, 3.63) is 131 Å². The van der Waals surface area contributed by atoms with Crippen LogP contribution >= 0.6 is 0 Å². The molecule has 8 heteroatoms. The molecular formula is C38H43N3O4S. The van der Waals surface area contributed by atoms with Gasteiger partial charge in [0.2, 0.25) is 11.8 Å². The van der Waals surface area contributed by atoms with Gasteiger partial charge in [-0.2, -0.15) is 0 Å². The van der Waals surface area contributed by atoms with Gasteiger partial charge in [-0.3, -0.25) is 13.9 Å². The van der Waals surface area contributed by atoms with Gasteiger partial charge in [0.25, 0.3) is 10.0 Å². The third kappa shape index (κ3) is 8.04. The van der Waals surface area contributed by atoms with Gasteiger partial charge in [-0.15, -0.1) is 0 Å². The van der Waals surface area contributed by atoms with Crippen LogP contribution in [0.15, 0.2) is 114 Å². The van der Waals surface area contributed by atoms with Crippen LogP contribution in [0.25, 0.3) is 0 Å². The van der Waals surface area contributed by atoms with E-state index >= 15 is 0 Å². The number of hydrogen-bond acceptors (Lipinski definition) is 4. The van der Waals surface area contributed by atoms with Crippen LogP contribution < -0.4 is 9.62 Å². The Morgan fingerprint density at radius 2 is 1.35 bits per heavy atom. The van der Waals surface area contributed by atoms with Crippen molar-refractivity contribution in [1.82, 2.24) is 10.2 Å². The van der Waals surface area contributed by atoms with Crippen molar-refractivity contribution in [3.63, 3.8) is 0 Å². The molecule has 0 radical (unpaired) electrons. The zero-order chi connectivity index (χ0) is 32.5. The van der Waals surface area contributed by atoms with Crippen LogP contribution in [0.5, 0.6) is 0 Å². The summed E-state index contributed by atoms with van der Waals surface area (Å²) < 4.78 is 29.6. The standard InChI is InChI=1S/C38H43N3O4S/c1-29-16-12-14-20-32(29)27-40(36(26-31-18-6-3-7-19-31)38(43)39-33-21-8-4-9-22-33)37(42)28-41(35-25-15-13-17-30(35)2)46(44,45)34-23-10-5-11-24-34/h3,5-7,10-20,23-25,33,36H,4,8-9,21-22,26-28H2,1-2H3,(H,39,43)/t36-/m0/s1. The van der Waals surface area contributed by atoms with E-state index in [-0.39, 0.29) is 23.4 Å². The number of rotatable bonds is 12. The first-order valence-electron chi connectivity index (χ1n) is 16.1. The Bertz CT molecular complexity index is 1720. The molecule has 2 amide bonds. The Morgan fingerprint density at radius 3 is 2.00 bits per heavy atom. The van der Waals surface area contributed by atoms with Crippen molar-refractivity contribution in [3.8, 4) is 0 Å². The van der Waals surface area contributed by atoms with Crippen molar-refractivity contribution in [2.24, 2.45) is 0 Å². The molecule has 7 nitrogen and oxygen atoms in total. The Labute approximate surface area is 273 Å². The second-order valence-corrected chi connectivity index (χ2v) is 14.0. The van der Waals surface area contributed by atoms with E-state index in [0.29, 0.717) is 12.1 Å². The summed E-state index contributed by atoms with van der Waals surface area (Å²) in [5.74, 6) is -0.670. The maximum atomic E-state index is 14.7. The molecule has 0 bridgehead atoms. The molecule has 0 aliphatic heterocycles. The van der Waals surface area contributed by atoms with Crippen LogP contribution in [-0.2, 0) is 32.6 Å². The minimum Gasteiger partial charge on any atom is -0.352 e. The second kappa shape index (κ2) is 15.2. The number of benzene rings is 4. The van der Waals surface area contributed by atoms with Crippen molar-refractivity contribution in [2.45, 2.75) is 75.9 Å². The molecule has 4 aromatic rings. The smallest absolute Gasteiger partial charge is 0.264 e. The van der Waals surface area contributed by atoms with E-state index in [4.69, 9.17) is 0 Å². The van der Waals surface area contributed by atoms with E-state index in [1.54, 1.807) is 35.2 Å². The summed E-state index contributed by atoms with van der Waals surface area (Å²) in [6.07, 6.45) is 5.39. The number of hydrogen-bond donors (Lipinski definition) is 1. The molecule has 1 fully saturated rings. The van der Waals surface area contributed by atoms with Crippen LogP contribution in [-0.4, -0.2) is 43.8 Å². The van der Waals surface area contributed by atoms with Gasteiger partial charge in [-0.05, 0) is 67.1 Å². The summed E-state index contributed by atoms with van der Waals surface area (Å²) >= 11 is 0. The van der Waals surface area contributed by atoms with Gasteiger partial charge in [0.1, 0.15) is 12.6 Å². The van der Waals surface area contributed by atoms with Gasteiger partial charge in [0.15, 0.2) is 0 Å². The van der Waals surface area contributed by atoms with Crippen LogP contribution in [0.4, 0.5) is 5.69 Å². The normalized spacial score (nSPS) is 14.3. The first-order valence-corrected chi connectivity index (χ1v) is 17.5. The molecule has 0 heterocycles. The Balaban J connectivity index is 1.57. The topological polar surface area (TPSA) is 86.8 Å². The van der Waals surface area contributed by atoms with Crippen molar-refractivity contribution < 1.29 is 18.0 Å². The SMILES string of the molecule is Cc1ccccc1CN(C(=O)CN(c1ccccc1C)S(=O)(=O)c1ccccc1)[C@@H](Cc1ccccc1)C(=O)NC1CCCCC1. The third-order valence-electron chi connectivity index (χ3n) is 8.82. The maximum absolute atomic E-state index is 14.7. The highest BCUT2D eigenvalue weighted by atomic mass is 32.2. The van der Waals surface area contributed by atoms with Crippen molar-refractivity contribution >= 4 is 27.5 Å². The lowest BCUT2D eigenvalue weighted by atomic mass is 9.94. The summed E-state index contributed by atoms with van der Waals surface area (Å²) in [5, 5.41) is 3.26. The maximum Gasteiger partial charge on any atom is 0.264 e. The van der Waals surface area contributed by atoms with Crippen LogP contribution in [0.2, 0.25) is 0 Å². The summed E-state index contributed by atoms with van der Waals surface area (Å²) in [4.78, 5) is 30.6. The van der Waals surface area contributed by atoms with Gasteiger partial charge >= 0.3 is 0 Å². The van der Waals surface area contributed by atoms with E-state index in [2.05, 4.69) is 5.32 Å². The predicted octanol–water partition coefficient (Wildman–Crippen LogP) is 6.59. The lowest BCUT2D eigenvalue weighted by Crippen LogP contribution is -2.55. The van der Waals surface area contributed by atoms with E-state index in [1.807, 2.05) is 80.6 Å². The molecule has 0 aromatic heterocycles. The molecule has 1 aliphatic carbocycles. The molecule has 1 aliphatic rings. The molecule has 0 saturated heterocycles. The quantitative estimate of drug-likeness (QED) is 0.190. The number of carbonyl (C=O) groups excluding carboxylic acids is 2. The minimum atomic E-state index is -4.13. The summed E-state index contributed by atoms with van der Waals surface area (Å²) in [5.41, 5.74) is 3.94. The number of nitrogens with one attached hydrogen (secondary N) is 1. The lowest BCUT2D eigenvalue weighted by Gasteiger charge is -2.35. The largest absolute Gasteiger partial charge is 0.352 e. The van der Waals surface area contributed by atoms with Crippen LogP contribution in [0, 0.1) is 13.8 Å². The lowest BCUT2D eigenvalue weighted by molar-refractivity contribution is -0.140. The molecule has 240 valence electrons. The van der Waals surface area contributed by atoms with Gasteiger partial charge in [0.05, 0.1) is 10.6 Å². The van der Waals surface area contributed by atoms with Gasteiger partial charge < -0.3 is 10.2 Å². The number of aryl methyl sites for hydroxylation is 2. The first-order chi connectivity index (χ1) is 22.2. The molecule has 1 saturated carbocycles. The molecule has 46 heavy (non-hydrogen) atoms. The highest BCUT2D eigenvalue weighted by molar-refractivity contribution is 7.92. The van der Waals surface area contributed by atoms with E-state index < -0.39 is 28.5 Å². The Morgan fingerprint density at radius 1 is 0.761 bits per heavy atom. The van der Waals surface area contributed by atoms with Gasteiger partial charge in [0, 0.05) is 19.0 Å². The zero-order valence-electron chi connectivity index (χ0n) is 26.6. The summed E-state index contributed by atoms with van der Waals surface area (Å²) in [6.45, 7) is 3.50. The number of para-hydroxylation sites is 1. The average molecular weight is 638 g/mol. The molecular weight excluding hydrogens is 595 g/mol. The summed E-state index contributed by atoms with van der Waals surface area (Å²) in [6, 6.07) is 32.0. The molecule has 0 unspecified atom stereocenters. The Kier molecular flexibility index (Phi) is 10.9. The number of sulfonamides is 1. The van der Waals surface area contributed by atoms with Gasteiger partial charge in [-0.1, -0.05) is 110 Å². The highest BCUT2D eigenvalue weighted by Gasteiger charge is 2.36. The second-order valence-electron chi connectivity index (χ2n) is 12.1. The number of anilines is 1. The fourth-order valence-corrected chi connectivity index (χ4v) is 7.65. The highest BCUT2D eigenvalue weighted by Crippen LogP contribution is 2.28. The third-order valence-corrected chi connectivity index (χ3v) is 10.6. The van der Waals surface area contributed by atoms with E-state index in [9.17, 15) is 18.0 Å². The van der Waals surface area contributed by atoms with Crippen molar-refractivity contribution in [2.75, 3.05) is 10.8 Å². The fourth-order valence-electron chi connectivity index (χ4n) is 6.15. The molecule has 5 rings (SSSR count).